The molecule has 0 bridgehead atoms. The first kappa shape index (κ1) is 24.2. The van der Waals surface area contributed by atoms with Crippen molar-refractivity contribution in [1.29, 1.82) is 0 Å². The lowest BCUT2D eigenvalue weighted by atomic mass is 10.0. The number of anilines is 1. The zero-order valence-corrected chi connectivity index (χ0v) is 21.3. The number of nitrogens with zero attached hydrogens (tertiary/aromatic N) is 4. The molecule has 6 heteroatoms. The maximum Gasteiger partial charge on any atom is 0.255 e. The maximum atomic E-state index is 13.0. The molecule has 0 N–H and O–H groups in total. The summed E-state index contributed by atoms with van der Waals surface area (Å²) >= 11 is 6.27. The first-order chi connectivity index (χ1) is 16.4. The van der Waals surface area contributed by atoms with Crippen LogP contribution in [0.2, 0.25) is 5.02 Å². The summed E-state index contributed by atoms with van der Waals surface area (Å²) in [7, 11) is 0. The largest absolute Gasteiger partial charge is 0.353 e. The van der Waals surface area contributed by atoms with Gasteiger partial charge in [0.1, 0.15) is 11.6 Å². The van der Waals surface area contributed by atoms with Crippen LogP contribution in [-0.4, -0.2) is 47.0 Å². The Hall–Kier alpha value is -2.92. The summed E-state index contributed by atoms with van der Waals surface area (Å²) in [5, 5.41) is 0.500. The Morgan fingerprint density at radius 3 is 2.32 bits per heavy atom. The fourth-order valence-electron chi connectivity index (χ4n) is 4.31. The van der Waals surface area contributed by atoms with Crippen molar-refractivity contribution in [2.24, 2.45) is 0 Å². The van der Waals surface area contributed by atoms with Gasteiger partial charge in [0.05, 0.1) is 10.6 Å². The van der Waals surface area contributed by atoms with E-state index < -0.39 is 0 Å². The first-order valence-electron chi connectivity index (χ1n) is 12.1. The predicted octanol–water partition coefficient (Wildman–Crippen LogP) is 5.81. The second-order valence-electron chi connectivity index (χ2n) is 9.20. The van der Waals surface area contributed by atoms with Gasteiger partial charge in [0, 0.05) is 49.8 Å². The number of piperazine rings is 1. The number of benzene rings is 2. The molecule has 1 saturated heterocycles. The minimum absolute atomic E-state index is 0.00992. The summed E-state index contributed by atoms with van der Waals surface area (Å²) in [5.41, 5.74) is 5.28. The van der Waals surface area contributed by atoms with Crippen LogP contribution in [-0.2, 0) is 6.42 Å². The Morgan fingerprint density at radius 1 is 1.00 bits per heavy atom. The summed E-state index contributed by atoms with van der Waals surface area (Å²) < 4.78 is 0. The lowest BCUT2D eigenvalue weighted by Crippen LogP contribution is -2.49. The van der Waals surface area contributed by atoms with Crippen LogP contribution >= 0.6 is 11.6 Å². The Morgan fingerprint density at radius 2 is 1.68 bits per heavy atom. The van der Waals surface area contributed by atoms with Gasteiger partial charge < -0.3 is 9.80 Å². The van der Waals surface area contributed by atoms with E-state index in [1.54, 1.807) is 12.1 Å². The van der Waals surface area contributed by atoms with Crippen molar-refractivity contribution in [3.63, 3.8) is 0 Å². The lowest BCUT2D eigenvalue weighted by molar-refractivity contribution is 0.0746. The van der Waals surface area contributed by atoms with E-state index in [-0.39, 0.29) is 5.91 Å². The van der Waals surface area contributed by atoms with Crippen LogP contribution in [0.15, 0.2) is 48.5 Å². The minimum Gasteiger partial charge on any atom is -0.353 e. The van der Waals surface area contributed by atoms with Gasteiger partial charge in [-0.05, 0) is 38.0 Å². The normalized spacial score (nSPS) is 14.9. The highest BCUT2D eigenvalue weighted by molar-refractivity contribution is 6.33. The molecule has 0 spiro atoms. The third-order valence-electron chi connectivity index (χ3n) is 6.73. The zero-order chi connectivity index (χ0) is 24.2. The SMILES string of the molecule is CC[C@@H](C)c1nc(C)c(Cc2ccc(C)cc2)c(N2CCN(C(=O)c3ccccc3Cl)CC2)n1. The van der Waals surface area contributed by atoms with Crippen LogP contribution in [0.3, 0.4) is 0 Å². The molecule has 0 radical (unpaired) electrons. The molecule has 5 nitrogen and oxygen atoms in total. The van der Waals surface area contributed by atoms with E-state index >= 15 is 0 Å². The molecule has 34 heavy (non-hydrogen) atoms. The Balaban J connectivity index is 1.59. The van der Waals surface area contributed by atoms with Gasteiger partial charge in [0.25, 0.3) is 5.91 Å². The van der Waals surface area contributed by atoms with Gasteiger partial charge in [-0.25, -0.2) is 9.97 Å². The lowest BCUT2D eigenvalue weighted by Gasteiger charge is -2.37. The number of hydrogen-bond donors (Lipinski definition) is 0. The summed E-state index contributed by atoms with van der Waals surface area (Å²) in [4.78, 5) is 27.2. The van der Waals surface area contributed by atoms with Crippen molar-refractivity contribution >= 4 is 23.3 Å². The fourth-order valence-corrected chi connectivity index (χ4v) is 4.53. The molecule has 0 unspecified atom stereocenters. The molecule has 1 aromatic heterocycles. The van der Waals surface area contributed by atoms with Crippen molar-refractivity contribution in [2.75, 3.05) is 31.1 Å². The van der Waals surface area contributed by atoms with E-state index in [2.05, 4.69) is 56.9 Å². The number of halogens is 1. The molecule has 2 heterocycles. The molecule has 4 rings (SSSR count). The Labute approximate surface area is 207 Å². The van der Waals surface area contributed by atoms with E-state index in [9.17, 15) is 4.79 Å². The van der Waals surface area contributed by atoms with E-state index in [0.29, 0.717) is 29.6 Å². The molecule has 1 atom stereocenters. The molecule has 1 amide bonds. The fraction of sp³-hybridized carbons (Fsp3) is 0.393. The molecule has 0 saturated carbocycles. The zero-order valence-electron chi connectivity index (χ0n) is 20.5. The number of amides is 1. The first-order valence-corrected chi connectivity index (χ1v) is 12.5. The minimum atomic E-state index is -0.00992. The van der Waals surface area contributed by atoms with Gasteiger partial charge in [-0.3, -0.25) is 4.79 Å². The van der Waals surface area contributed by atoms with Gasteiger partial charge in [-0.15, -0.1) is 0 Å². The van der Waals surface area contributed by atoms with E-state index in [4.69, 9.17) is 21.6 Å². The van der Waals surface area contributed by atoms with Crippen LogP contribution in [0.4, 0.5) is 5.82 Å². The average Bonchev–Trinajstić information content (AvgIpc) is 2.86. The number of aromatic nitrogens is 2. The highest BCUT2D eigenvalue weighted by atomic mass is 35.5. The van der Waals surface area contributed by atoms with Gasteiger partial charge in [-0.1, -0.05) is 67.4 Å². The number of carbonyl (C=O) groups excluding carboxylic acids is 1. The number of aryl methyl sites for hydroxylation is 2. The van der Waals surface area contributed by atoms with Crippen molar-refractivity contribution in [2.45, 2.75) is 46.5 Å². The van der Waals surface area contributed by atoms with Crippen LogP contribution in [0.25, 0.3) is 0 Å². The summed E-state index contributed by atoms with van der Waals surface area (Å²) in [6.45, 7) is 11.3. The predicted molar refractivity (Wildman–Crippen MR) is 139 cm³/mol. The quantitative estimate of drug-likeness (QED) is 0.450. The molecule has 178 valence electrons. The van der Waals surface area contributed by atoms with E-state index in [0.717, 1.165) is 43.3 Å². The molecule has 0 aliphatic carbocycles. The maximum absolute atomic E-state index is 13.0. The second kappa shape index (κ2) is 10.6. The van der Waals surface area contributed by atoms with Gasteiger partial charge in [0.2, 0.25) is 0 Å². The standard InChI is InChI=1S/C28H33ClN4O/c1-5-20(3)26-30-21(4)24(18-22-12-10-19(2)11-13-22)27(31-26)32-14-16-33(17-15-32)28(34)23-8-6-7-9-25(23)29/h6-13,20H,5,14-18H2,1-4H3/t20-/m1/s1. The third-order valence-corrected chi connectivity index (χ3v) is 7.06. The average molecular weight is 477 g/mol. The van der Waals surface area contributed by atoms with E-state index in [1.165, 1.54) is 16.7 Å². The topological polar surface area (TPSA) is 49.3 Å². The molecule has 1 fully saturated rings. The number of hydrogen-bond acceptors (Lipinski definition) is 4. The van der Waals surface area contributed by atoms with Crippen molar-refractivity contribution in [3.8, 4) is 0 Å². The molecular formula is C28H33ClN4O. The van der Waals surface area contributed by atoms with Gasteiger partial charge in [-0.2, -0.15) is 0 Å². The van der Waals surface area contributed by atoms with Gasteiger partial charge in [0.15, 0.2) is 0 Å². The number of rotatable bonds is 6. The molecular weight excluding hydrogens is 444 g/mol. The molecule has 3 aromatic rings. The van der Waals surface area contributed by atoms with Crippen molar-refractivity contribution in [1.82, 2.24) is 14.9 Å². The molecule has 2 aromatic carbocycles. The summed E-state index contributed by atoms with van der Waals surface area (Å²) in [6, 6.07) is 15.9. The second-order valence-corrected chi connectivity index (χ2v) is 9.61. The van der Waals surface area contributed by atoms with Crippen LogP contribution in [0.1, 0.15) is 64.8 Å². The van der Waals surface area contributed by atoms with Crippen molar-refractivity contribution < 1.29 is 4.79 Å². The highest BCUT2D eigenvalue weighted by Gasteiger charge is 2.27. The molecule has 1 aliphatic rings. The van der Waals surface area contributed by atoms with Crippen LogP contribution in [0.5, 0.6) is 0 Å². The van der Waals surface area contributed by atoms with Crippen molar-refractivity contribution in [3.05, 3.63) is 87.3 Å². The van der Waals surface area contributed by atoms with E-state index in [1.807, 2.05) is 17.0 Å². The summed E-state index contributed by atoms with van der Waals surface area (Å²) in [5.74, 6) is 2.20. The van der Waals surface area contributed by atoms with Gasteiger partial charge >= 0.3 is 0 Å². The molecule has 1 aliphatic heterocycles. The van der Waals surface area contributed by atoms with Crippen LogP contribution in [0, 0.1) is 13.8 Å². The smallest absolute Gasteiger partial charge is 0.255 e. The Bertz CT molecular complexity index is 1150. The third kappa shape index (κ3) is 5.25. The highest BCUT2D eigenvalue weighted by Crippen LogP contribution is 2.28. The monoisotopic (exact) mass is 476 g/mol. The number of carbonyl (C=O) groups is 1. The Kier molecular flexibility index (Phi) is 7.52. The summed E-state index contributed by atoms with van der Waals surface area (Å²) in [6.07, 6.45) is 1.79. The van der Waals surface area contributed by atoms with Crippen LogP contribution < -0.4 is 4.90 Å².